The molecule has 0 radical (unpaired) electrons. The molecule has 0 unspecified atom stereocenters. The second-order valence-electron chi connectivity index (χ2n) is 4.94. The van der Waals surface area contributed by atoms with Crippen LogP contribution >= 0.6 is 0 Å². The Morgan fingerprint density at radius 3 is 2.27 bits per heavy atom. The summed E-state index contributed by atoms with van der Waals surface area (Å²) in [5.74, 6) is 0.376. The van der Waals surface area contributed by atoms with E-state index in [0.717, 1.165) is 0 Å². The van der Waals surface area contributed by atoms with Crippen LogP contribution in [0.25, 0.3) is 11.4 Å². The minimum Gasteiger partial charge on any atom is -0.399 e. The van der Waals surface area contributed by atoms with Gasteiger partial charge in [-0.2, -0.15) is 0 Å². The Hall–Kier alpha value is -2.60. The molecule has 0 bridgehead atoms. The maximum atomic E-state index is 12.8. The summed E-state index contributed by atoms with van der Waals surface area (Å²) in [7, 11) is -3.68. The van der Waals surface area contributed by atoms with E-state index in [0.29, 0.717) is 22.8 Å². The van der Waals surface area contributed by atoms with E-state index in [4.69, 9.17) is 5.73 Å². The van der Waals surface area contributed by atoms with Crippen LogP contribution in [0.5, 0.6) is 0 Å². The molecule has 0 saturated carbocycles. The Labute approximate surface area is 129 Å². The SMILES string of the molecule is Cc1cn(S(=O)(=O)c2ccccc2)c(-c2ccc(N)cc2)n1. The summed E-state index contributed by atoms with van der Waals surface area (Å²) in [5.41, 5.74) is 7.62. The van der Waals surface area contributed by atoms with Crippen molar-refractivity contribution >= 4 is 15.7 Å². The van der Waals surface area contributed by atoms with E-state index in [1.807, 2.05) is 0 Å². The summed E-state index contributed by atoms with van der Waals surface area (Å²) >= 11 is 0. The fourth-order valence-electron chi connectivity index (χ4n) is 2.19. The number of imidazole rings is 1. The van der Waals surface area contributed by atoms with E-state index >= 15 is 0 Å². The van der Waals surface area contributed by atoms with Crippen LogP contribution in [0.15, 0.2) is 65.7 Å². The summed E-state index contributed by atoms with van der Waals surface area (Å²) in [6, 6.07) is 15.3. The number of nitrogens with two attached hydrogens (primary N) is 1. The summed E-state index contributed by atoms with van der Waals surface area (Å²) < 4.78 is 26.8. The van der Waals surface area contributed by atoms with Crippen molar-refractivity contribution in [2.75, 3.05) is 5.73 Å². The molecular weight excluding hydrogens is 298 g/mol. The predicted molar refractivity (Wildman–Crippen MR) is 85.8 cm³/mol. The normalized spacial score (nSPS) is 11.5. The Balaban J connectivity index is 2.19. The van der Waals surface area contributed by atoms with Crippen molar-refractivity contribution in [2.45, 2.75) is 11.8 Å². The first-order valence-corrected chi connectivity index (χ1v) is 8.15. The summed E-state index contributed by atoms with van der Waals surface area (Å²) in [6.45, 7) is 1.76. The molecule has 5 nitrogen and oxygen atoms in total. The van der Waals surface area contributed by atoms with Gasteiger partial charge in [-0.05, 0) is 43.3 Å². The van der Waals surface area contributed by atoms with Gasteiger partial charge in [-0.15, -0.1) is 0 Å². The van der Waals surface area contributed by atoms with Gasteiger partial charge in [0, 0.05) is 17.4 Å². The Morgan fingerprint density at radius 2 is 1.64 bits per heavy atom. The van der Waals surface area contributed by atoms with Crippen molar-refractivity contribution in [1.82, 2.24) is 8.96 Å². The zero-order valence-corrected chi connectivity index (χ0v) is 12.8. The smallest absolute Gasteiger partial charge is 0.269 e. The van der Waals surface area contributed by atoms with Gasteiger partial charge in [-0.3, -0.25) is 0 Å². The number of aryl methyl sites for hydroxylation is 1. The summed E-state index contributed by atoms with van der Waals surface area (Å²) in [5, 5.41) is 0. The summed E-state index contributed by atoms with van der Waals surface area (Å²) in [6.07, 6.45) is 1.52. The van der Waals surface area contributed by atoms with Crippen LogP contribution in [0.4, 0.5) is 5.69 Å². The van der Waals surface area contributed by atoms with Crippen LogP contribution in [-0.2, 0) is 10.0 Å². The molecule has 0 amide bonds. The third-order valence-corrected chi connectivity index (χ3v) is 4.93. The van der Waals surface area contributed by atoms with Crippen LogP contribution in [0.2, 0.25) is 0 Å². The van der Waals surface area contributed by atoms with E-state index < -0.39 is 10.0 Å². The highest BCUT2D eigenvalue weighted by molar-refractivity contribution is 7.90. The second kappa shape index (κ2) is 5.31. The molecule has 0 aliphatic carbocycles. The predicted octanol–water partition coefficient (Wildman–Crippen LogP) is 2.68. The number of rotatable bonds is 3. The molecule has 0 atom stereocenters. The standard InChI is InChI=1S/C16H15N3O2S/c1-12-11-19(22(20,21)15-5-3-2-4-6-15)16(18-12)13-7-9-14(17)10-8-13/h2-11H,17H2,1H3. The minimum atomic E-state index is -3.68. The number of anilines is 1. The fourth-order valence-corrected chi connectivity index (χ4v) is 3.58. The summed E-state index contributed by atoms with van der Waals surface area (Å²) in [4.78, 5) is 4.57. The first kappa shape index (κ1) is 14.3. The van der Waals surface area contributed by atoms with Gasteiger partial charge in [0.25, 0.3) is 10.0 Å². The number of aromatic nitrogens is 2. The Kier molecular flexibility index (Phi) is 3.46. The van der Waals surface area contributed by atoms with Gasteiger partial charge in [-0.25, -0.2) is 17.4 Å². The van der Waals surface area contributed by atoms with Gasteiger partial charge in [0.15, 0.2) is 5.82 Å². The third kappa shape index (κ3) is 2.48. The van der Waals surface area contributed by atoms with Crippen molar-refractivity contribution in [2.24, 2.45) is 0 Å². The zero-order valence-electron chi connectivity index (χ0n) is 12.0. The monoisotopic (exact) mass is 313 g/mol. The second-order valence-corrected chi connectivity index (χ2v) is 6.76. The Morgan fingerprint density at radius 1 is 1.00 bits per heavy atom. The largest absolute Gasteiger partial charge is 0.399 e. The highest BCUT2D eigenvalue weighted by Crippen LogP contribution is 2.24. The van der Waals surface area contributed by atoms with Crippen molar-refractivity contribution in [3.05, 3.63) is 66.5 Å². The van der Waals surface area contributed by atoms with Crippen LogP contribution in [0, 0.1) is 6.92 Å². The van der Waals surface area contributed by atoms with E-state index in [-0.39, 0.29) is 4.90 Å². The zero-order chi connectivity index (χ0) is 15.7. The quantitative estimate of drug-likeness (QED) is 0.754. The fraction of sp³-hybridized carbons (Fsp3) is 0.0625. The lowest BCUT2D eigenvalue weighted by atomic mass is 10.2. The molecule has 1 heterocycles. The van der Waals surface area contributed by atoms with E-state index in [2.05, 4.69) is 4.98 Å². The van der Waals surface area contributed by atoms with Crippen molar-refractivity contribution < 1.29 is 8.42 Å². The molecule has 6 heteroatoms. The first-order chi connectivity index (χ1) is 10.5. The Bertz CT molecular complexity index is 898. The first-order valence-electron chi connectivity index (χ1n) is 6.71. The molecule has 3 rings (SSSR count). The topological polar surface area (TPSA) is 78.0 Å². The van der Waals surface area contributed by atoms with Gasteiger partial charge in [-0.1, -0.05) is 18.2 Å². The highest BCUT2D eigenvalue weighted by Gasteiger charge is 2.21. The van der Waals surface area contributed by atoms with Crippen molar-refractivity contribution in [3.8, 4) is 11.4 Å². The van der Waals surface area contributed by atoms with Crippen molar-refractivity contribution in [3.63, 3.8) is 0 Å². The van der Waals surface area contributed by atoms with E-state index in [1.165, 1.54) is 10.2 Å². The highest BCUT2D eigenvalue weighted by atomic mass is 32.2. The molecule has 0 fully saturated rings. The van der Waals surface area contributed by atoms with Gasteiger partial charge < -0.3 is 5.73 Å². The van der Waals surface area contributed by atoms with Crippen molar-refractivity contribution in [1.29, 1.82) is 0 Å². The number of benzene rings is 2. The van der Waals surface area contributed by atoms with E-state index in [9.17, 15) is 8.42 Å². The number of nitrogen functional groups attached to an aromatic ring is 1. The number of hydrogen-bond donors (Lipinski definition) is 1. The molecule has 0 saturated heterocycles. The molecule has 2 aromatic carbocycles. The molecule has 0 spiro atoms. The van der Waals surface area contributed by atoms with Gasteiger partial charge in [0.05, 0.1) is 10.6 Å². The minimum absolute atomic E-state index is 0.226. The maximum Gasteiger partial charge on any atom is 0.269 e. The number of hydrogen-bond acceptors (Lipinski definition) is 4. The average Bonchev–Trinajstić information content (AvgIpc) is 2.92. The lowest BCUT2D eigenvalue weighted by Crippen LogP contribution is -2.13. The lowest BCUT2D eigenvalue weighted by Gasteiger charge is -2.09. The number of nitrogens with zero attached hydrogens (tertiary/aromatic N) is 2. The molecule has 0 aliphatic heterocycles. The molecule has 112 valence electrons. The van der Waals surface area contributed by atoms with Gasteiger partial charge in [0.1, 0.15) is 0 Å². The van der Waals surface area contributed by atoms with Crippen LogP contribution in [0.1, 0.15) is 5.69 Å². The molecule has 0 aliphatic rings. The average molecular weight is 313 g/mol. The van der Waals surface area contributed by atoms with Crippen LogP contribution in [0.3, 0.4) is 0 Å². The maximum absolute atomic E-state index is 12.8. The lowest BCUT2D eigenvalue weighted by molar-refractivity contribution is 0.588. The molecular formula is C16H15N3O2S. The van der Waals surface area contributed by atoms with Crippen LogP contribution in [-0.4, -0.2) is 17.4 Å². The molecule has 3 aromatic rings. The van der Waals surface area contributed by atoms with Gasteiger partial charge >= 0.3 is 0 Å². The van der Waals surface area contributed by atoms with E-state index in [1.54, 1.807) is 61.5 Å². The molecule has 1 aromatic heterocycles. The molecule has 22 heavy (non-hydrogen) atoms. The van der Waals surface area contributed by atoms with Crippen LogP contribution < -0.4 is 5.73 Å². The van der Waals surface area contributed by atoms with Gasteiger partial charge in [0.2, 0.25) is 0 Å². The third-order valence-electron chi connectivity index (χ3n) is 3.26. The molecule has 2 N–H and O–H groups in total.